The first kappa shape index (κ1) is 19.2. The maximum Gasteiger partial charge on any atom is 0.314 e. The van der Waals surface area contributed by atoms with Gasteiger partial charge in [-0.15, -0.1) is 0 Å². The summed E-state index contributed by atoms with van der Waals surface area (Å²) in [6, 6.07) is 1.67. The molecule has 0 saturated carbocycles. The maximum absolute atomic E-state index is 11.9. The Morgan fingerprint density at radius 2 is 2.08 bits per heavy atom. The molecule has 1 aromatic rings. The Kier molecular flexibility index (Phi) is 6.05. The zero-order valence-electron chi connectivity index (χ0n) is 15.3. The van der Waals surface area contributed by atoms with Gasteiger partial charge in [-0.25, -0.2) is 0 Å². The SMILES string of the molecule is CCC[C@@]1(C(=O)O)CN(c2cc(N)nc(N(CC)CC)n2)CC[C@H]1O. The smallest absolute Gasteiger partial charge is 0.314 e. The van der Waals surface area contributed by atoms with Gasteiger partial charge in [-0.2, -0.15) is 9.97 Å². The predicted molar refractivity (Wildman–Crippen MR) is 97.8 cm³/mol. The summed E-state index contributed by atoms with van der Waals surface area (Å²) in [5, 5.41) is 20.2. The minimum absolute atomic E-state index is 0.214. The van der Waals surface area contributed by atoms with E-state index in [1.165, 1.54) is 0 Å². The van der Waals surface area contributed by atoms with Crippen LogP contribution in [0.2, 0.25) is 0 Å². The number of hydrogen-bond acceptors (Lipinski definition) is 7. The largest absolute Gasteiger partial charge is 0.481 e. The number of nitrogens with two attached hydrogens (primary N) is 1. The lowest BCUT2D eigenvalue weighted by atomic mass is 9.74. The number of nitrogen functional groups attached to an aromatic ring is 1. The second kappa shape index (κ2) is 7.86. The highest BCUT2D eigenvalue weighted by molar-refractivity contribution is 5.77. The Labute approximate surface area is 148 Å². The monoisotopic (exact) mass is 351 g/mol. The fourth-order valence-electron chi connectivity index (χ4n) is 3.53. The second-order valence-corrected chi connectivity index (χ2v) is 6.56. The summed E-state index contributed by atoms with van der Waals surface area (Å²) in [7, 11) is 0. The number of hydrogen-bond donors (Lipinski definition) is 3. The third-order valence-electron chi connectivity index (χ3n) is 5.00. The van der Waals surface area contributed by atoms with Crippen molar-refractivity contribution in [1.82, 2.24) is 9.97 Å². The molecule has 0 bridgehead atoms. The van der Waals surface area contributed by atoms with Crippen LogP contribution >= 0.6 is 0 Å². The summed E-state index contributed by atoms with van der Waals surface area (Å²) in [6.45, 7) is 8.23. The fraction of sp³-hybridized carbons (Fsp3) is 0.706. The van der Waals surface area contributed by atoms with Crippen LogP contribution in [0.15, 0.2) is 6.07 Å². The summed E-state index contributed by atoms with van der Waals surface area (Å²) in [5.74, 6) is 0.553. The van der Waals surface area contributed by atoms with Gasteiger partial charge >= 0.3 is 5.97 Å². The molecule has 2 rings (SSSR count). The summed E-state index contributed by atoms with van der Waals surface area (Å²) in [6.07, 6.45) is 0.635. The normalized spacial score (nSPS) is 23.5. The van der Waals surface area contributed by atoms with Gasteiger partial charge in [-0.1, -0.05) is 13.3 Å². The highest BCUT2D eigenvalue weighted by atomic mass is 16.4. The third-order valence-corrected chi connectivity index (χ3v) is 5.00. The Bertz CT molecular complexity index is 608. The molecule has 1 saturated heterocycles. The van der Waals surface area contributed by atoms with Crippen molar-refractivity contribution in [2.45, 2.75) is 46.1 Å². The number of aromatic nitrogens is 2. The topological polar surface area (TPSA) is 116 Å². The van der Waals surface area contributed by atoms with Crippen LogP contribution in [0.4, 0.5) is 17.6 Å². The van der Waals surface area contributed by atoms with E-state index in [9.17, 15) is 15.0 Å². The number of carboxylic acids is 1. The maximum atomic E-state index is 11.9. The average Bonchev–Trinajstić information content (AvgIpc) is 2.57. The Hall–Kier alpha value is -2.09. The number of rotatable bonds is 7. The first-order valence-corrected chi connectivity index (χ1v) is 8.93. The zero-order chi connectivity index (χ0) is 18.6. The van der Waals surface area contributed by atoms with Gasteiger partial charge in [-0.05, 0) is 26.7 Å². The molecule has 140 valence electrons. The number of nitrogens with zero attached hydrogens (tertiary/aromatic N) is 4. The van der Waals surface area contributed by atoms with E-state index in [1.807, 2.05) is 30.6 Å². The van der Waals surface area contributed by atoms with Crippen LogP contribution in [0, 0.1) is 5.41 Å². The molecule has 8 nitrogen and oxygen atoms in total. The fourth-order valence-corrected chi connectivity index (χ4v) is 3.53. The quantitative estimate of drug-likeness (QED) is 0.674. The van der Waals surface area contributed by atoms with Gasteiger partial charge < -0.3 is 25.7 Å². The minimum atomic E-state index is -1.18. The highest BCUT2D eigenvalue weighted by Gasteiger charge is 2.48. The average molecular weight is 351 g/mol. The van der Waals surface area contributed by atoms with Crippen LogP contribution in [0.1, 0.15) is 40.0 Å². The molecule has 0 aliphatic carbocycles. The van der Waals surface area contributed by atoms with Crippen LogP contribution < -0.4 is 15.5 Å². The first-order chi connectivity index (χ1) is 11.9. The van der Waals surface area contributed by atoms with E-state index in [0.717, 1.165) is 13.1 Å². The van der Waals surface area contributed by atoms with Crippen molar-refractivity contribution >= 4 is 23.6 Å². The number of aliphatic carboxylic acids is 1. The summed E-state index contributed by atoms with van der Waals surface area (Å²) < 4.78 is 0. The van der Waals surface area contributed by atoms with Gasteiger partial charge in [0, 0.05) is 32.2 Å². The lowest BCUT2D eigenvalue weighted by Crippen LogP contribution is -2.56. The highest BCUT2D eigenvalue weighted by Crippen LogP contribution is 2.37. The summed E-state index contributed by atoms with van der Waals surface area (Å²) in [4.78, 5) is 24.7. The van der Waals surface area contributed by atoms with E-state index < -0.39 is 17.5 Å². The number of carboxylic acid groups (broad SMARTS) is 1. The molecule has 0 unspecified atom stereocenters. The number of anilines is 3. The lowest BCUT2D eigenvalue weighted by molar-refractivity contribution is -0.158. The van der Waals surface area contributed by atoms with Gasteiger partial charge in [0.2, 0.25) is 5.95 Å². The molecular weight excluding hydrogens is 322 g/mol. The van der Waals surface area contributed by atoms with Crippen LogP contribution in [0.3, 0.4) is 0 Å². The molecule has 1 aliphatic rings. The Morgan fingerprint density at radius 3 is 2.64 bits per heavy atom. The lowest BCUT2D eigenvalue weighted by Gasteiger charge is -2.44. The van der Waals surface area contributed by atoms with Gasteiger partial charge in [0.15, 0.2) is 0 Å². The predicted octanol–water partition coefficient (Wildman–Crippen LogP) is 1.35. The molecule has 0 radical (unpaired) electrons. The zero-order valence-corrected chi connectivity index (χ0v) is 15.3. The standard InChI is InChI=1S/C17H29N5O3/c1-4-8-17(15(24)25)11-22(9-7-12(17)23)14-10-13(18)19-16(20-14)21(5-2)6-3/h10,12,23H,4-9,11H2,1-3H3,(H,24,25)(H2,18,19,20)/t12-,17-/m1/s1. The molecule has 1 aromatic heterocycles. The number of aliphatic hydroxyl groups excluding tert-OH is 1. The molecular formula is C17H29N5O3. The van der Waals surface area contributed by atoms with Crippen molar-refractivity contribution in [2.24, 2.45) is 5.41 Å². The molecule has 8 heteroatoms. The van der Waals surface area contributed by atoms with Gasteiger partial charge in [0.1, 0.15) is 17.1 Å². The van der Waals surface area contributed by atoms with E-state index in [-0.39, 0.29) is 6.54 Å². The van der Waals surface area contributed by atoms with Crippen LogP contribution in [-0.4, -0.2) is 58.4 Å². The molecule has 25 heavy (non-hydrogen) atoms. The molecule has 0 aromatic carbocycles. The van der Waals surface area contributed by atoms with Crippen LogP contribution in [0.5, 0.6) is 0 Å². The van der Waals surface area contributed by atoms with Crippen molar-refractivity contribution < 1.29 is 15.0 Å². The number of piperidine rings is 1. The van der Waals surface area contributed by atoms with E-state index in [0.29, 0.717) is 43.4 Å². The molecule has 4 N–H and O–H groups in total. The van der Waals surface area contributed by atoms with E-state index in [4.69, 9.17) is 5.73 Å². The van der Waals surface area contributed by atoms with Crippen molar-refractivity contribution in [1.29, 1.82) is 0 Å². The molecule has 1 fully saturated rings. The van der Waals surface area contributed by atoms with E-state index in [2.05, 4.69) is 9.97 Å². The Balaban J connectivity index is 2.36. The molecule has 0 spiro atoms. The first-order valence-electron chi connectivity index (χ1n) is 8.93. The van der Waals surface area contributed by atoms with Crippen molar-refractivity contribution in [2.75, 3.05) is 41.7 Å². The van der Waals surface area contributed by atoms with Gasteiger partial charge in [0.25, 0.3) is 0 Å². The van der Waals surface area contributed by atoms with Crippen LogP contribution in [0.25, 0.3) is 0 Å². The van der Waals surface area contributed by atoms with Gasteiger partial charge in [0.05, 0.1) is 6.10 Å². The van der Waals surface area contributed by atoms with Gasteiger partial charge in [-0.3, -0.25) is 4.79 Å². The summed E-state index contributed by atoms with van der Waals surface area (Å²) >= 11 is 0. The third kappa shape index (κ3) is 3.78. The summed E-state index contributed by atoms with van der Waals surface area (Å²) in [5.41, 5.74) is 4.78. The molecule has 2 atom stereocenters. The van der Waals surface area contributed by atoms with Crippen molar-refractivity contribution in [3.63, 3.8) is 0 Å². The van der Waals surface area contributed by atoms with E-state index >= 15 is 0 Å². The van der Waals surface area contributed by atoms with Crippen molar-refractivity contribution in [3.05, 3.63) is 6.07 Å². The number of carbonyl (C=O) groups is 1. The minimum Gasteiger partial charge on any atom is -0.481 e. The molecule has 2 heterocycles. The molecule has 0 amide bonds. The second-order valence-electron chi connectivity index (χ2n) is 6.56. The number of aliphatic hydroxyl groups is 1. The van der Waals surface area contributed by atoms with Crippen LogP contribution in [-0.2, 0) is 4.79 Å². The van der Waals surface area contributed by atoms with Crippen molar-refractivity contribution in [3.8, 4) is 0 Å². The molecule has 1 aliphatic heterocycles. The Morgan fingerprint density at radius 1 is 1.40 bits per heavy atom. The van der Waals surface area contributed by atoms with E-state index in [1.54, 1.807) is 6.07 Å².